The highest BCUT2D eigenvalue weighted by atomic mass is 35.5. The number of hydrogen-bond donors (Lipinski definition) is 1. The van der Waals surface area contributed by atoms with Crippen molar-refractivity contribution in [1.29, 1.82) is 0 Å². The van der Waals surface area contributed by atoms with Gasteiger partial charge in [0, 0.05) is 31.6 Å². The molecule has 0 spiro atoms. The summed E-state index contributed by atoms with van der Waals surface area (Å²) < 4.78 is 15.6. The smallest absolute Gasteiger partial charge is 0.293 e. The highest BCUT2D eigenvalue weighted by Gasteiger charge is 2.28. The summed E-state index contributed by atoms with van der Waals surface area (Å²) in [6, 6.07) is 6.45. The van der Waals surface area contributed by atoms with Gasteiger partial charge < -0.3 is 10.2 Å². The second-order valence-electron chi connectivity index (χ2n) is 6.36. The summed E-state index contributed by atoms with van der Waals surface area (Å²) in [6.45, 7) is 8.00. The first kappa shape index (κ1) is 19.3. The Morgan fingerprint density at radius 3 is 2.72 bits per heavy atom. The minimum atomic E-state index is -0.390. The van der Waals surface area contributed by atoms with Crippen molar-refractivity contribution in [3.63, 3.8) is 0 Å². The minimum Gasteiger partial charge on any atom is -0.331 e. The Balaban J connectivity index is 0.00000225. The van der Waals surface area contributed by atoms with Gasteiger partial charge in [-0.2, -0.15) is 0 Å². The maximum atomic E-state index is 14.2. The van der Waals surface area contributed by atoms with E-state index in [0.717, 1.165) is 13.1 Å². The predicted molar refractivity (Wildman–Crippen MR) is 96.0 cm³/mol. The number of benzene rings is 1. The molecule has 1 N–H and O–H groups in total. The minimum absolute atomic E-state index is 0. The van der Waals surface area contributed by atoms with Gasteiger partial charge in [-0.05, 0) is 19.1 Å². The van der Waals surface area contributed by atoms with Crippen molar-refractivity contribution in [2.45, 2.75) is 32.7 Å². The molecule has 0 unspecified atom stereocenters. The molecule has 0 bridgehead atoms. The van der Waals surface area contributed by atoms with Gasteiger partial charge in [0.1, 0.15) is 17.3 Å². The third-order valence-electron chi connectivity index (χ3n) is 4.18. The molecule has 1 aliphatic rings. The predicted octanol–water partition coefficient (Wildman–Crippen LogP) is 2.39. The number of amides is 1. The van der Waals surface area contributed by atoms with Crippen LogP contribution in [0, 0.1) is 5.82 Å². The number of hydrogen-bond acceptors (Lipinski definition) is 4. The van der Waals surface area contributed by atoms with Crippen molar-refractivity contribution in [2.75, 3.05) is 19.6 Å². The Kier molecular flexibility index (Phi) is 6.13. The molecule has 0 aliphatic carbocycles. The lowest BCUT2D eigenvalue weighted by Crippen LogP contribution is -2.52. The first-order valence-corrected chi connectivity index (χ1v) is 8.22. The SMILES string of the molecule is CC(C)c1nc(C(=O)N2CCNC[C@H]2C)nn1-c1ccccc1F.Cl. The molecule has 3 rings (SSSR count). The average molecular weight is 368 g/mol. The van der Waals surface area contributed by atoms with Crippen LogP contribution in [0.15, 0.2) is 24.3 Å². The van der Waals surface area contributed by atoms with Gasteiger partial charge in [-0.1, -0.05) is 26.0 Å². The molecular weight excluding hydrogens is 345 g/mol. The van der Waals surface area contributed by atoms with E-state index in [1.54, 1.807) is 23.1 Å². The van der Waals surface area contributed by atoms with Crippen LogP contribution in [0.3, 0.4) is 0 Å². The van der Waals surface area contributed by atoms with Crippen LogP contribution < -0.4 is 5.32 Å². The van der Waals surface area contributed by atoms with Crippen molar-refractivity contribution in [2.24, 2.45) is 0 Å². The molecule has 2 heterocycles. The number of nitrogens with one attached hydrogen (secondary N) is 1. The largest absolute Gasteiger partial charge is 0.331 e. The quantitative estimate of drug-likeness (QED) is 0.904. The highest BCUT2D eigenvalue weighted by Crippen LogP contribution is 2.20. The molecule has 8 heteroatoms. The van der Waals surface area contributed by atoms with Gasteiger partial charge >= 0.3 is 0 Å². The maximum absolute atomic E-state index is 14.2. The lowest BCUT2D eigenvalue weighted by atomic mass is 10.2. The lowest BCUT2D eigenvalue weighted by molar-refractivity contribution is 0.0643. The van der Waals surface area contributed by atoms with Crippen LogP contribution in [0.25, 0.3) is 5.69 Å². The molecule has 0 saturated carbocycles. The summed E-state index contributed by atoms with van der Waals surface area (Å²) >= 11 is 0. The second kappa shape index (κ2) is 7.93. The fourth-order valence-corrected chi connectivity index (χ4v) is 2.86. The van der Waals surface area contributed by atoms with Crippen molar-refractivity contribution in [1.82, 2.24) is 25.0 Å². The van der Waals surface area contributed by atoms with E-state index in [4.69, 9.17) is 0 Å². The van der Waals surface area contributed by atoms with Gasteiger partial charge in [-0.3, -0.25) is 4.79 Å². The lowest BCUT2D eigenvalue weighted by Gasteiger charge is -2.33. The maximum Gasteiger partial charge on any atom is 0.293 e. The Bertz CT molecular complexity index is 748. The molecule has 25 heavy (non-hydrogen) atoms. The van der Waals surface area contributed by atoms with E-state index in [-0.39, 0.29) is 41.9 Å². The van der Waals surface area contributed by atoms with Gasteiger partial charge in [0.2, 0.25) is 5.82 Å². The number of aromatic nitrogens is 3. The van der Waals surface area contributed by atoms with Crippen LogP contribution in [-0.2, 0) is 0 Å². The number of carbonyl (C=O) groups is 1. The first-order chi connectivity index (χ1) is 11.5. The third kappa shape index (κ3) is 3.82. The Morgan fingerprint density at radius 2 is 2.08 bits per heavy atom. The highest BCUT2D eigenvalue weighted by molar-refractivity contribution is 5.90. The van der Waals surface area contributed by atoms with Crippen LogP contribution >= 0.6 is 12.4 Å². The van der Waals surface area contributed by atoms with Crippen molar-refractivity contribution in [3.8, 4) is 5.69 Å². The first-order valence-electron chi connectivity index (χ1n) is 8.22. The zero-order valence-corrected chi connectivity index (χ0v) is 15.4. The Labute approximate surface area is 152 Å². The zero-order valence-electron chi connectivity index (χ0n) is 14.6. The van der Waals surface area contributed by atoms with Crippen LogP contribution in [-0.4, -0.2) is 51.2 Å². The van der Waals surface area contributed by atoms with E-state index in [0.29, 0.717) is 18.1 Å². The van der Waals surface area contributed by atoms with E-state index in [2.05, 4.69) is 15.4 Å². The summed E-state index contributed by atoms with van der Waals surface area (Å²) in [7, 11) is 0. The van der Waals surface area contributed by atoms with Gasteiger partial charge in [-0.25, -0.2) is 14.1 Å². The van der Waals surface area contributed by atoms with Gasteiger partial charge in [0.15, 0.2) is 0 Å². The van der Waals surface area contributed by atoms with Crippen LogP contribution in [0.4, 0.5) is 4.39 Å². The van der Waals surface area contributed by atoms with Crippen molar-refractivity contribution in [3.05, 3.63) is 41.7 Å². The van der Waals surface area contributed by atoms with Crippen LogP contribution in [0.5, 0.6) is 0 Å². The molecule has 0 radical (unpaired) electrons. The van der Waals surface area contributed by atoms with Crippen molar-refractivity contribution < 1.29 is 9.18 Å². The summed E-state index contributed by atoms with van der Waals surface area (Å²) in [6.07, 6.45) is 0. The molecular formula is C17H23ClFN5O. The van der Waals surface area contributed by atoms with E-state index in [1.807, 2.05) is 20.8 Å². The molecule has 136 valence electrons. The van der Waals surface area contributed by atoms with Crippen LogP contribution in [0.2, 0.25) is 0 Å². The number of nitrogens with zero attached hydrogens (tertiary/aromatic N) is 4. The summed E-state index contributed by atoms with van der Waals surface area (Å²) in [5, 5.41) is 7.58. The molecule has 1 amide bonds. The van der Waals surface area contributed by atoms with E-state index in [9.17, 15) is 9.18 Å². The number of halogens is 2. The van der Waals surface area contributed by atoms with E-state index < -0.39 is 0 Å². The van der Waals surface area contributed by atoms with Gasteiger partial charge in [-0.15, -0.1) is 17.5 Å². The fourth-order valence-electron chi connectivity index (χ4n) is 2.86. The molecule has 1 atom stereocenters. The number of carbonyl (C=O) groups excluding carboxylic acids is 1. The fraction of sp³-hybridized carbons (Fsp3) is 0.471. The normalized spacial score (nSPS) is 17.5. The van der Waals surface area contributed by atoms with Crippen molar-refractivity contribution >= 4 is 18.3 Å². The average Bonchev–Trinajstić information content (AvgIpc) is 3.00. The number of rotatable bonds is 3. The molecule has 1 aromatic heterocycles. The standard InChI is InChI=1S/C17H22FN5O.ClH/c1-11(2)16-20-15(17(24)22-9-8-19-10-12(22)3)21-23(16)14-7-5-4-6-13(14)18;/h4-7,11-12,19H,8-10H2,1-3H3;1H/t12-;/m1./s1. The topological polar surface area (TPSA) is 63.1 Å². The molecule has 2 aromatic rings. The summed E-state index contributed by atoms with van der Waals surface area (Å²) in [4.78, 5) is 19.0. The molecule has 1 saturated heterocycles. The molecule has 1 aliphatic heterocycles. The molecule has 1 fully saturated rings. The Morgan fingerprint density at radius 1 is 1.36 bits per heavy atom. The Hall–Kier alpha value is -1.99. The van der Waals surface area contributed by atoms with E-state index >= 15 is 0 Å². The summed E-state index contributed by atoms with van der Waals surface area (Å²) in [5.74, 6) is 0.112. The monoisotopic (exact) mass is 367 g/mol. The van der Waals surface area contributed by atoms with E-state index in [1.165, 1.54) is 10.7 Å². The number of piperazine rings is 1. The molecule has 6 nitrogen and oxygen atoms in total. The third-order valence-corrected chi connectivity index (χ3v) is 4.18. The summed E-state index contributed by atoms with van der Waals surface area (Å²) in [5.41, 5.74) is 0.307. The second-order valence-corrected chi connectivity index (χ2v) is 6.36. The van der Waals surface area contributed by atoms with Gasteiger partial charge in [0.25, 0.3) is 5.91 Å². The zero-order chi connectivity index (χ0) is 17.3. The van der Waals surface area contributed by atoms with Gasteiger partial charge in [0.05, 0.1) is 0 Å². The van der Waals surface area contributed by atoms with Crippen LogP contribution in [0.1, 0.15) is 43.1 Å². The molecule has 1 aromatic carbocycles. The number of para-hydroxylation sites is 1.